The maximum absolute atomic E-state index is 13.0. The zero-order valence-corrected chi connectivity index (χ0v) is 18.6. The lowest BCUT2D eigenvalue weighted by atomic mass is 10.2. The predicted molar refractivity (Wildman–Crippen MR) is 114 cm³/mol. The van der Waals surface area contributed by atoms with Crippen LogP contribution < -0.4 is 10.1 Å². The third kappa shape index (κ3) is 4.80. The minimum Gasteiger partial charge on any atom is -0.495 e. The standard InChI is InChI=1S/C20H27N3O4S2/c1-22(2)16(18-7-6-12-28-18)14-21-20(24)15-8-9-17(27-3)19(13-15)29(25,26)23-10-4-5-11-23/h6-9,12-13,16H,4-5,10-11,14H2,1-3H3,(H,21,24). The van der Waals surface area contributed by atoms with E-state index in [0.717, 1.165) is 17.7 Å². The van der Waals surface area contributed by atoms with E-state index in [4.69, 9.17) is 4.74 Å². The number of amides is 1. The summed E-state index contributed by atoms with van der Waals surface area (Å²) in [6.07, 6.45) is 1.69. The Morgan fingerprint density at radius 1 is 1.28 bits per heavy atom. The van der Waals surface area contributed by atoms with E-state index in [1.54, 1.807) is 23.5 Å². The number of thiophene rings is 1. The minimum absolute atomic E-state index is 0.0389. The number of methoxy groups -OCH3 is 1. The first-order valence-electron chi connectivity index (χ1n) is 9.51. The molecule has 1 aliphatic rings. The van der Waals surface area contributed by atoms with E-state index in [1.165, 1.54) is 17.5 Å². The number of hydrogen-bond acceptors (Lipinski definition) is 6. The van der Waals surface area contributed by atoms with Crippen molar-refractivity contribution < 1.29 is 17.9 Å². The molecule has 1 unspecified atom stereocenters. The number of sulfonamides is 1. The van der Waals surface area contributed by atoms with Crippen LogP contribution in [0.1, 0.15) is 34.1 Å². The van der Waals surface area contributed by atoms with Crippen molar-refractivity contribution >= 4 is 27.3 Å². The van der Waals surface area contributed by atoms with E-state index < -0.39 is 10.0 Å². The Balaban J connectivity index is 1.80. The molecule has 1 saturated heterocycles. The molecule has 7 nitrogen and oxygen atoms in total. The summed E-state index contributed by atoms with van der Waals surface area (Å²) in [4.78, 5) is 16.0. The Morgan fingerprint density at radius 2 is 2.00 bits per heavy atom. The number of nitrogens with zero attached hydrogens (tertiary/aromatic N) is 2. The van der Waals surface area contributed by atoms with Gasteiger partial charge >= 0.3 is 0 Å². The third-order valence-electron chi connectivity index (χ3n) is 5.06. The average Bonchev–Trinajstić information content (AvgIpc) is 3.41. The number of benzene rings is 1. The molecule has 158 valence electrons. The lowest BCUT2D eigenvalue weighted by molar-refractivity contribution is 0.0942. The number of rotatable bonds is 8. The summed E-state index contributed by atoms with van der Waals surface area (Å²) in [7, 11) is 1.66. The molecule has 1 atom stereocenters. The molecule has 0 spiro atoms. The molecule has 29 heavy (non-hydrogen) atoms. The highest BCUT2D eigenvalue weighted by Crippen LogP contribution is 2.30. The predicted octanol–water partition coefficient (Wildman–Crippen LogP) is 2.57. The van der Waals surface area contributed by atoms with Crippen molar-refractivity contribution in [2.75, 3.05) is 40.8 Å². The van der Waals surface area contributed by atoms with Crippen molar-refractivity contribution in [1.82, 2.24) is 14.5 Å². The van der Waals surface area contributed by atoms with Gasteiger partial charge in [0.15, 0.2) is 0 Å². The Morgan fingerprint density at radius 3 is 2.59 bits per heavy atom. The van der Waals surface area contributed by atoms with Gasteiger partial charge in [0, 0.05) is 30.1 Å². The zero-order chi connectivity index (χ0) is 21.0. The maximum Gasteiger partial charge on any atom is 0.251 e. The van der Waals surface area contributed by atoms with E-state index >= 15 is 0 Å². The molecule has 0 radical (unpaired) electrons. The molecular weight excluding hydrogens is 410 g/mol. The lowest BCUT2D eigenvalue weighted by Gasteiger charge is -2.23. The number of carbonyl (C=O) groups is 1. The number of likely N-dealkylation sites (N-methyl/N-ethyl adjacent to an activating group) is 1. The molecular formula is C20H27N3O4S2. The van der Waals surface area contributed by atoms with E-state index in [-0.39, 0.29) is 22.6 Å². The highest BCUT2D eigenvalue weighted by Gasteiger charge is 2.30. The molecule has 1 aromatic heterocycles. The van der Waals surface area contributed by atoms with Gasteiger partial charge < -0.3 is 15.0 Å². The van der Waals surface area contributed by atoms with Gasteiger partial charge in [-0.15, -0.1) is 11.3 Å². The van der Waals surface area contributed by atoms with Crippen LogP contribution in [0, 0.1) is 0 Å². The largest absolute Gasteiger partial charge is 0.495 e. The first-order chi connectivity index (χ1) is 13.8. The molecule has 1 aromatic carbocycles. The number of ether oxygens (including phenoxy) is 1. The van der Waals surface area contributed by atoms with Crippen LogP contribution in [0.2, 0.25) is 0 Å². The summed E-state index contributed by atoms with van der Waals surface area (Å²) < 4.78 is 32.7. The fourth-order valence-corrected chi connectivity index (χ4v) is 6.02. The monoisotopic (exact) mass is 437 g/mol. The van der Waals surface area contributed by atoms with Crippen LogP contribution in [-0.4, -0.2) is 64.4 Å². The number of carbonyl (C=O) groups excluding carboxylic acids is 1. The number of nitrogens with one attached hydrogen (secondary N) is 1. The minimum atomic E-state index is -3.70. The fourth-order valence-electron chi connectivity index (χ4n) is 3.40. The van der Waals surface area contributed by atoms with Gasteiger partial charge in [0.2, 0.25) is 10.0 Å². The van der Waals surface area contributed by atoms with Crippen LogP contribution >= 0.6 is 11.3 Å². The van der Waals surface area contributed by atoms with Crippen molar-refractivity contribution in [3.63, 3.8) is 0 Å². The van der Waals surface area contributed by atoms with Gasteiger partial charge in [0.1, 0.15) is 10.6 Å². The summed E-state index contributed by atoms with van der Waals surface area (Å²) in [5.41, 5.74) is 0.298. The topological polar surface area (TPSA) is 79.0 Å². The first-order valence-corrected chi connectivity index (χ1v) is 11.8. The van der Waals surface area contributed by atoms with Crippen molar-refractivity contribution in [2.24, 2.45) is 0 Å². The third-order valence-corrected chi connectivity index (χ3v) is 7.95. The smallest absolute Gasteiger partial charge is 0.251 e. The lowest BCUT2D eigenvalue weighted by Crippen LogP contribution is -2.34. The Kier molecular flexibility index (Phi) is 6.94. The van der Waals surface area contributed by atoms with E-state index in [9.17, 15) is 13.2 Å². The van der Waals surface area contributed by atoms with Crippen molar-refractivity contribution in [2.45, 2.75) is 23.8 Å². The molecule has 2 heterocycles. The van der Waals surface area contributed by atoms with Crippen LogP contribution in [0.3, 0.4) is 0 Å². The van der Waals surface area contributed by atoms with Crippen LogP contribution in [-0.2, 0) is 10.0 Å². The van der Waals surface area contributed by atoms with Gasteiger partial charge in [-0.2, -0.15) is 4.31 Å². The number of hydrogen-bond donors (Lipinski definition) is 1. The van der Waals surface area contributed by atoms with Gasteiger partial charge in [-0.05, 0) is 56.6 Å². The van der Waals surface area contributed by atoms with Crippen LogP contribution in [0.4, 0.5) is 0 Å². The molecule has 0 bridgehead atoms. The summed E-state index contributed by atoms with van der Waals surface area (Å²) in [6.45, 7) is 1.41. The first kappa shape index (κ1) is 21.8. The molecule has 1 N–H and O–H groups in total. The molecule has 2 aromatic rings. The normalized spacial score (nSPS) is 16.1. The molecule has 1 amide bonds. The molecule has 1 fully saturated rings. The Bertz CT molecular complexity index is 937. The van der Waals surface area contributed by atoms with Gasteiger partial charge in [-0.25, -0.2) is 8.42 Å². The fraction of sp³-hybridized carbons (Fsp3) is 0.450. The van der Waals surface area contributed by atoms with E-state index in [0.29, 0.717) is 25.2 Å². The van der Waals surface area contributed by atoms with Gasteiger partial charge in [-0.3, -0.25) is 4.79 Å². The highest BCUT2D eigenvalue weighted by atomic mass is 32.2. The van der Waals surface area contributed by atoms with Crippen molar-refractivity contribution in [1.29, 1.82) is 0 Å². The maximum atomic E-state index is 13.0. The van der Waals surface area contributed by atoms with Crippen LogP contribution in [0.5, 0.6) is 5.75 Å². The molecule has 3 rings (SSSR count). The quantitative estimate of drug-likeness (QED) is 0.687. The van der Waals surface area contributed by atoms with Gasteiger partial charge in [0.05, 0.1) is 13.2 Å². The van der Waals surface area contributed by atoms with Gasteiger partial charge in [0.25, 0.3) is 5.91 Å². The second-order valence-corrected chi connectivity index (χ2v) is 10.1. The Hall–Kier alpha value is -1.94. The molecule has 1 aliphatic heterocycles. The SMILES string of the molecule is COc1ccc(C(=O)NCC(c2cccs2)N(C)C)cc1S(=O)(=O)N1CCCC1. The van der Waals surface area contributed by atoms with Crippen LogP contribution in [0.15, 0.2) is 40.6 Å². The second-order valence-electron chi connectivity index (χ2n) is 7.18. The second kappa shape index (κ2) is 9.25. The summed E-state index contributed by atoms with van der Waals surface area (Å²) in [5.74, 6) is -0.0628. The molecule has 0 saturated carbocycles. The Labute approximate surface area is 176 Å². The zero-order valence-electron chi connectivity index (χ0n) is 16.9. The molecule has 9 heteroatoms. The van der Waals surface area contributed by atoms with Crippen molar-refractivity contribution in [3.05, 3.63) is 46.2 Å². The van der Waals surface area contributed by atoms with Crippen molar-refractivity contribution in [3.8, 4) is 5.75 Å². The summed E-state index contributed by atoms with van der Waals surface area (Å²) in [6, 6.07) is 8.61. The highest BCUT2D eigenvalue weighted by molar-refractivity contribution is 7.89. The molecule has 0 aliphatic carbocycles. The summed E-state index contributed by atoms with van der Waals surface area (Å²) >= 11 is 1.64. The van der Waals surface area contributed by atoms with E-state index in [2.05, 4.69) is 5.32 Å². The van der Waals surface area contributed by atoms with Gasteiger partial charge in [-0.1, -0.05) is 6.07 Å². The average molecular weight is 438 g/mol. The van der Waals surface area contributed by atoms with E-state index in [1.807, 2.05) is 36.5 Å². The summed E-state index contributed by atoms with van der Waals surface area (Å²) in [5, 5.41) is 4.94. The van der Waals surface area contributed by atoms with Crippen LogP contribution in [0.25, 0.3) is 0 Å².